The van der Waals surface area contributed by atoms with Crippen LogP contribution in [0.3, 0.4) is 0 Å². The minimum Gasteiger partial charge on any atom is -0.462 e. The number of hydrogen-bond donors (Lipinski definition) is 4. The second-order valence-electron chi connectivity index (χ2n) is 16.8. The van der Waals surface area contributed by atoms with E-state index >= 15 is 0 Å². The fourth-order valence-electron chi connectivity index (χ4n) is 7.22. The fourth-order valence-corrected chi connectivity index (χ4v) is 7.91. The maximum atomic E-state index is 12.8. The average molecular weight is 899 g/mol. The van der Waals surface area contributed by atoms with E-state index in [1.165, 1.54) is 109 Å². The molecule has 6 atom stereocenters. The lowest BCUT2D eigenvalue weighted by Crippen LogP contribution is -2.60. The van der Waals surface area contributed by atoms with E-state index in [9.17, 15) is 37.9 Å². The summed E-state index contributed by atoms with van der Waals surface area (Å²) in [6, 6.07) is 0. The standard InChI is InChI=1S/C49H86O12S/c1-3-5-7-9-11-13-15-17-18-19-20-21-22-23-24-26-27-29-31-33-35-37-44(50)58-39-42(40-59-49-48(54)47(53)46(52)43(61-49)41-62(55,56)57)60-45(51)38-36-34-32-30-28-25-16-14-12-10-8-6-4-2/h6,8,12,14,25,28,32,34,42-43,46-49,52-54H,3-5,7,9-11,13,15-24,26-27,29-31,33,35-41H2,1-2H3,(H,55,56,57)/b8-6-,14-12-,28-25-,34-32-. The lowest BCUT2D eigenvalue weighted by molar-refractivity contribution is -0.297. The average Bonchev–Trinajstić information content (AvgIpc) is 3.24. The van der Waals surface area contributed by atoms with Crippen LogP contribution in [-0.2, 0) is 38.7 Å². The van der Waals surface area contributed by atoms with Crippen LogP contribution >= 0.6 is 0 Å². The van der Waals surface area contributed by atoms with Crippen molar-refractivity contribution < 1.29 is 56.8 Å². The van der Waals surface area contributed by atoms with E-state index in [2.05, 4.69) is 44.2 Å². The molecule has 1 saturated heterocycles. The normalized spacial score (nSPS) is 20.3. The van der Waals surface area contributed by atoms with Crippen molar-refractivity contribution in [2.75, 3.05) is 19.0 Å². The molecule has 12 nitrogen and oxygen atoms in total. The van der Waals surface area contributed by atoms with Gasteiger partial charge in [-0.25, -0.2) is 0 Å². The van der Waals surface area contributed by atoms with Crippen molar-refractivity contribution in [1.82, 2.24) is 0 Å². The van der Waals surface area contributed by atoms with Gasteiger partial charge in [0, 0.05) is 12.8 Å². The second kappa shape index (κ2) is 39.0. The molecule has 6 unspecified atom stereocenters. The molecule has 0 spiro atoms. The topological polar surface area (TPSA) is 186 Å². The van der Waals surface area contributed by atoms with Gasteiger partial charge in [0.1, 0.15) is 36.8 Å². The third-order valence-electron chi connectivity index (χ3n) is 10.9. The summed E-state index contributed by atoms with van der Waals surface area (Å²) in [7, 11) is -4.61. The van der Waals surface area contributed by atoms with E-state index in [1.54, 1.807) is 0 Å². The van der Waals surface area contributed by atoms with Crippen LogP contribution in [0.4, 0.5) is 0 Å². The molecule has 1 aliphatic rings. The maximum absolute atomic E-state index is 12.8. The Labute approximate surface area is 375 Å². The molecule has 13 heteroatoms. The van der Waals surface area contributed by atoms with E-state index < -0.39 is 71.2 Å². The van der Waals surface area contributed by atoms with Crippen molar-refractivity contribution in [3.05, 3.63) is 48.6 Å². The number of aliphatic hydroxyl groups excluding tert-OH is 3. The van der Waals surface area contributed by atoms with Gasteiger partial charge < -0.3 is 34.3 Å². The van der Waals surface area contributed by atoms with Gasteiger partial charge in [-0.3, -0.25) is 14.1 Å². The third-order valence-corrected chi connectivity index (χ3v) is 11.7. The summed E-state index contributed by atoms with van der Waals surface area (Å²) >= 11 is 0. The number of allylic oxidation sites excluding steroid dienone is 8. The highest BCUT2D eigenvalue weighted by molar-refractivity contribution is 7.85. The molecular weight excluding hydrogens is 813 g/mol. The maximum Gasteiger partial charge on any atom is 0.306 e. The van der Waals surface area contributed by atoms with Gasteiger partial charge in [0.2, 0.25) is 0 Å². The Morgan fingerprint density at radius 1 is 0.565 bits per heavy atom. The zero-order valence-corrected chi connectivity index (χ0v) is 39.3. The van der Waals surface area contributed by atoms with Gasteiger partial charge >= 0.3 is 11.9 Å². The summed E-state index contributed by atoms with van der Waals surface area (Å²) in [5.74, 6) is -2.08. The van der Waals surface area contributed by atoms with Crippen molar-refractivity contribution in [2.45, 2.75) is 230 Å². The molecule has 0 aromatic heterocycles. The lowest BCUT2D eigenvalue weighted by Gasteiger charge is -2.40. The predicted octanol–water partition coefficient (Wildman–Crippen LogP) is 10.3. The van der Waals surface area contributed by atoms with Crippen LogP contribution in [0.2, 0.25) is 0 Å². The first-order valence-corrected chi connectivity index (χ1v) is 25.8. The Hall–Kier alpha value is -2.39. The number of carbonyl (C=O) groups excluding carboxylic acids is 2. The molecule has 1 aliphatic heterocycles. The van der Waals surface area contributed by atoms with Gasteiger partial charge in [-0.05, 0) is 38.5 Å². The smallest absolute Gasteiger partial charge is 0.306 e. The van der Waals surface area contributed by atoms with Crippen LogP contribution in [0.5, 0.6) is 0 Å². The van der Waals surface area contributed by atoms with Crippen LogP contribution < -0.4 is 0 Å². The Bertz CT molecular complexity index is 1330. The van der Waals surface area contributed by atoms with Crippen molar-refractivity contribution in [3.8, 4) is 0 Å². The summed E-state index contributed by atoms with van der Waals surface area (Å²) in [6.07, 6.45) is 37.6. The Balaban J connectivity index is 2.39. The van der Waals surface area contributed by atoms with Crippen LogP contribution in [0.25, 0.3) is 0 Å². The van der Waals surface area contributed by atoms with Crippen LogP contribution in [0, 0.1) is 0 Å². The number of unbranched alkanes of at least 4 members (excludes halogenated alkanes) is 20. The summed E-state index contributed by atoms with van der Waals surface area (Å²) in [5.41, 5.74) is 0. The first-order chi connectivity index (χ1) is 30.0. The summed E-state index contributed by atoms with van der Waals surface area (Å²) in [6.45, 7) is 3.60. The Kier molecular flexibility index (Phi) is 36.3. The summed E-state index contributed by atoms with van der Waals surface area (Å²) in [4.78, 5) is 25.4. The van der Waals surface area contributed by atoms with Crippen molar-refractivity contribution in [3.63, 3.8) is 0 Å². The van der Waals surface area contributed by atoms with Gasteiger partial charge in [0.15, 0.2) is 12.4 Å². The minimum absolute atomic E-state index is 0.0437. The summed E-state index contributed by atoms with van der Waals surface area (Å²) in [5, 5.41) is 30.9. The highest BCUT2D eigenvalue weighted by Crippen LogP contribution is 2.24. The molecule has 1 fully saturated rings. The van der Waals surface area contributed by atoms with Gasteiger partial charge in [0.25, 0.3) is 10.1 Å². The van der Waals surface area contributed by atoms with E-state index in [0.29, 0.717) is 19.3 Å². The molecule has 4 N–H and O–H groups in total. The lowest BCUT2D eigenvalue weighted by atomic mass is 10.00. The largest absolute Gasteiger partial charge is 0.462 e. The minimum atomic E-state index is -4.61. The Morgan fingerprint density at radius 2 is 1.02 bits per heavy atom. The Morgan fingerprint density at radius 3 is 1.48 bits per heavy atom. The first-order valence-electron chi connectivity index (χ1n) is 24.2. The molecule has 62 heavy (non-hydrogen) atoms. The quantitative estimate of drug-likeness (QED) is 0.0198. The molecule has 0 amide bonds. The monoisotopic (exact) mass is 899 g/mol. The van der Waals surface area contributed by atoms with Crippen molar-refractivity contribution in [2.24, 2.45) is 0 Å². The van der Waals surface area contributed by atoms with Crippen molar-refractivity contribution >= 4 is 22.1 Å². The fraction of sp³-hybridized carbons (Fsp3) is 0.796. The molecule has 1 heterocycles. The number of rotatable bonds is 40. The molecule has 0 aromatic carbocycles. The van der Waals surface area contributed by atoms with Crippen molar-refractivity contribution in [1.29, 1.82) is 0 Å². The molecule has 1 rings (SSSR count). The molecule has 0 aromatic rings. The van der Waals surface area contributed by atoms with Crippen LogP contribution in [0.15, 0.2) is 48.6 Å². The molecule has 0 aliphatic carbocycles. The predicted molar refractivity (Wildman–Crippen MR) is 247 cm³/mol. The van der Waals surface area contributed by atoms with Gasteiger partial charge in [-0.2, -0.15) is 8.42 Å². The number of carbonyl (C=O) groups is 2. The van der Waals surface area contributed by atoms with E-state index in [1.807, 2.05) is 18.2 Å². The number of aliphatic hydroxyl groups is 3. The number of ether oxygens (including phenoxy) is 4. The van der Waals surface area contributed by atoms with E-state index in [-0.39, 0.29) is 19.4 Å². The highest BCUT2D eigenvalue weighted by atomic mass is 32.2. The zero-order chi connectivity index (χ0) is 45.5. The van der Waals surface area contributed by atoms with Gasteiger partial charge in [-0.1, -0.05) is 191 Å². The first kappa shape index (κ1) is 57.6. The third kappa shape index (κ3) is 33.2. The van der Waals surface area contributed by atoms with E-state index in [0.717, 1.165) is 38.5 Å². The van der Waals surface area contributed by atoms with E-state index in [4.69, 9.17) is 18.9 Å². The van der Waals surface area contributed by atoms with Crippen LogP contribution in [0.1, 0.15) is 194 Å². The van der Waals surface area contributed by atoms with Crippen LogP contribution in [-0.4, -0.2) is 96.0 Å². The van der Waals surface area contributed by atoms with Gasteiger partial charge in [-0.15, -0.1) is 0 Å². The van der Waals surface area contributed by atoms with Gasteiger partial charge in [0.05, 0.1) is 6.61 Å². The number of esters is 2. The molecule has 0 saturated carbocycles. The second-order valence-corrected chi connectivity index (χ2v) is 18.2. The summed E-state index contributed by atoms with van der Waals surface area (Å²) < 4.78 is 54.0. The molecule has 360 valence electrons. The number of hydrogen-bond acceptors (Lipinski definition) is 11. The highest BCUT2D eigenvalue weighted by Gasteiger charge is 2.46. The zero-order valence-electron chi connectivity index (χ0n) is 38.5. The molecular formula is C49H86O12S. The molecule has 0 bridgehead atoms. The molecule has 0 radical (unpaired) electrons. The SMILES string of the molecule is CC/C=C\C/C=C\C/C=C\C/C=C\CCC(=O)OC(COC(=O)CCCCCCCCCCCCCCCCCCCCCCC)COC1OC(CS(=O)(=O)O)C(O)C(O)C1O.